The smallest absolute Gasteiger partial charge is 0.226 e. The Morgan fingerprint density at radius 2 is 2.12 bits per heavy atom. The summed E-state index contributed by atoms with van der Waals surface area (Å²) in [5.41, 5.74) is 2.15. The van der Waals surface area contributed by atoms with Gasteiger partial charge >= 0.3 is 0 Å². The number of thioether (sulfide) groups is 1. The minimum absolute atomic E-state index is 0.0779. The van der Waals surface area contributed by atoms with Gasteiger partial charge in [0.2, 0.25) is 5.91 Å². The molecule has 1 aliphatic rings. The van der Waals surface area contributed by atoms with Gasteiger partial charge in [0.1, 0.15) is 5.82 Å². The average molecular weight is 358 g/mol. The molecule has 25 heavy (non-hydrogen) atoms. The van der Waals surface area contributed by atoms with Crippen LogP contribution in [-0.2, 0) is 4.79 Å². The minimum atomic E-state index is 0.0779. The highest BCUT2D eigenvalue weighted by atomic mass is 32.2. The van der Waals surface area contributed by atoms with Crippen LogP contribution in [0, 0.1) is 5.92 Å². The van der Waals surface area contributed by atoms with Crippen LogP contribution in [-0.4, -0.2) is 33.6 Å². The zero-order valence-corrected chi connectivity index (χ0v) is 16.1. The summed E-state index contributed by atoms with van der Waals surface area (Å²) in [6.45, 7) is 4.94. The van der Waals surface area contributed by atoms with Crippen molar-refractivity contribution in [3.05, 3.63) is 36.3 Å². The highest BCUT2D eigenvalue weighted by Gasteiger charge is 2.31. The maximum Gasteiger partial charge on any atom is 0.226 e. The summed E-state index contributed by atoms with van der Waals surface area (Å²) in [5.74, 6) is 1.25. The van der Waals surface area contributed by atoms with E-state index in [0.29, 0.717) is 0 Å². The zero-order valence-electron chi connectivity index (χ0n) is 15.3. The first-order valence-corrected chi connectivity index (χ1v) is 10.4. The molecule has 3 rings (SSSR count). The van der Waals surface area contributed by atoms with E-state index in [1.165, 1.54) is 4.90 Å². The lowest BCUT2D eigenvalue weighted by Gasteiger charge is -2.36. The molecule has 2 unspecified atom stereocenters. The van der Waals surface area contributed by atoms with Crippen LogP contribution >= 0.6 is 11.8 Å². The molecular formula is C20H27N3OS. The molecule has 5 heteroatoms. The molecule has 1 aliphatic heterocycles. The molecule has 0 spiro atoms. The van der Waals surface area contributed by atoms with Crippen molar-refractivity contribution in [2.24, 2.45) is 5.92 Å². The SMILES string of the molecule is CCC(C)C(=O)N1CCCCC1c1ncc(-c2ccc(SC)cc2)[nH]1. The topological polar surface area (TPSA) is 49.0 Å². The predicted molar refractivity (Wildman–Crippen MR) is 104 cm³/mol. The molecular weight excluding hydrogens is 330 g/mol. The van der Waals surface area contributed by atoms with E-state index in [1.54, 1.807) is 11.8 Å². The number of H-pyrrole nitrogens is 1. The Kier molecular flexibility index (Phi) is 5.84. The molecule has 0 bridgehead atoms. The van der Waals surface area contributed by atoms with Gasteiger partial charge in [0.05, 0.1) is 17.9 Å². The fourth-order valence-corrected chi connectivity index (χ4v) is 3.77. The summed E-state index contributed by atoms with van der Waals surface area (Å²) in [6.07, 6.45) is 8.07. The van der Waals surface area contributed by atoms with Crippen molar-refractivity contribution in [2.75, 3.05) is 12.8 Å². The molecule has 2 aromatic rings. The van der Waals surface area contributed by atoms with E-state index in [0.717, 1.165) is 49.3 Å². The number of benzene rings is 1. The van der Waals surface area contributed by atoms with E-state index < -0.39 is 0 Å². The zero-order chi connectivity index (χ0) is 17.8. The number of aromatic nitrogens is 2. The number of aromatic amines is 1. The third kappa shape index (κ3) is 3.92. The van der Waals surface area contributed by atoms with Crippen LogP contribution in [0.1, 0.15) is 51.4 Å². The molecule has 1 N–H and O–H groups in total. The normalized spacial score (nSPS) is 19.0. The second kappa shape index (κ2) is 8.09. The van der Waals surface area contributed by atoms with Crippen LogP contribution in [0.15, 0.2) is 35.4 Å². The summed E-state index contributed by atoms with van der Waals surface area (Å²) < 4.78 is 0. The Morgan fingerprint density at radius 3 is 2.80 bits per heavy atom. The first-order valence-electron chi connectivity index (χ1n) is 9.13. The average Bonchev–Trinajstić information content (AvgIpc) is 3.17. The van der Waals surface area contributed by atoms with E-state index in [4.69, 9.17) is 0 Å². The Hall–Kier alpha value is -1.75. The van der Waals surface area contributed by atoms with E-state index in [-0.39, 0.29) is 17.9 Å². The summed E-state index contributed by atoms with van der Waals surface area (Å²) >= 11 is 1.74. The summed E-state index contributed by atoms with van der Waals surface area (Å²) in [5, 5.41) is 0. The fraction of sp³-hybridized carbons (Fsp3) is 0.500. The number of piperidine rings is 1. The van der Waals surface area contributed by atoms with Crippen LogP contribution in [0.4, 0.5) is 0 Å². The third-order valence-electron chi connectivity index (χ3n) is 5.13. The van der Waals surface area contributed by atoms with Crippen LogP contribution < -0.4 is 0 Å². The number of carbonyl (C=O) groups excluding carboxylic acids is 1. The number of likely N-dealkylation sites (tertiary alicyclic amines) is 1. The van der Waals surface area contributed by atoms with Crippen molar-refractivity contribution in [3.63, 3.8) is 0 Å². The van der Waals surface area contributed by atoms with E-state index in [2.05, 4.69) is 47.4 Å². The van der Waals surface area contributed by atoms with E-state index >= 15 is 0 Å². The number of amides is 1. The Bertz CT molecular complexity index is 710. The lowest BCUT2D eigenvalue weighted by atomic mass is 9.98. The molecule has 4 nitrogen and oxygen atoms in total. The van der Waals surface area contributed by atoms with Gasteiger partial charge in [-0.15, -0.1) is 11.8 Å². The predicted octanol–water partition coefficient (Wildman–Crippen LogP) is 4.90. The van der Waals surface area contributed by atoms with Crippen molar-refractivity contribution >= 4 is 17.7 Å². The van der Waals surface area contributed by atoms with Crippen molar-refractivity contribution in [1.82, 2.24) is 14.9 Å². The number of hydrogen-bond donors (Lipinski definition) is 1. The highest BCUT2D eigenvalue weighted by Crippen LogP contribution is 2.32. The van der Waals surface area contributed by atoms with Gasteiger partial charge in [-0.1, -0.05) is 26.0 Å². The number of hydrogen-bond acceptors (Lipinski definition) is 3. The fourth-order valence-electron chi connectivity index (χ4n) is 3.36. The van der Waals surface area contributed by atoms with Crippen LogP contribution in [0.3, 0.4) is 0 Å². The lowest BCUT2D eigenvalue weighted by molar-refractivity contribution is -0.139. The second-order valence-corrected chi connectivity index (χ2v) is 7.64. The third-order valence-corrected chi connectivity index (χ3v) is 5.88. The van der Waals surface area contributed by atoms with Crippen molar-refractivity contribution < 1.29 is 4.79 Å². The molecule has 1 saturated heterocycles. The Balaban J connectivity index is 1.82. The maximum absolute atomic E-state index is 12.7. The molecule has 1 amide bonds. The first kappa shape index (κ1) is 18.1. The van der Waals surface area contributed by atoms with Gasteiger partial charge in [-0.25, -0.2) is 4.98 Å². The summed E-state index contributed by atoms with van der Waals surface area (Å²) in [6, 6.07) is 8.56. The summed E-state index contributed by atoms with van der Waals surface area (Å²) in [4.78, 5) is 24.1. The number of rotatable bonds is 5. The molecule has 1 aromatic heterocycles. The van der Waals surface area contributed by atoms with Crippen molar-refractivity contribution in [1.29, 1.82) is 0 Å². The molecule has 134 valence electrons. The summed E-state index contributed by atoms with van der Waals surface area (Å²) in [7, 11) is 0. The van der Waals surface area contributed by atoms with Gasteiger partial charge in [-0.3, -0.25) is 4.79 Å². The number of carbonyl (C=O) groups is 1. The van der Waals surface area contributed by atoms with Gasteiger partial charge in [0, 0.05) is 17.4 Å². The molecule has 0 saturated carbocycles. The number of nitrogens with zero attached hydrogens (tertiary/aromatic N) is 2. The second-order valence-electron chi connectivity index (χ2n) is 6.76. The van der Waals surface area contributed by atoms with Gasteiger partial charge in [-0.2, -0.15) is 0 Å². The quantitative estimate of drug-likeness (QED) is 0.774. The lowest BCUT2D eigenvalue weighted by Crippen LogP contribution is -2.41. The monoisotopic (exact) mass is 357 g/mol. The molecule has 1 aromatic carbocycles. The number of nitrogens with one attached hydrogen (secondary N) is 1. The van der Waals surface area contributed by atoms with Crippen LogP contribution in [0.2, 0.25) is 0 Å². The molecule has 2 heterocycles. The van der Waals surface area contributed by atoms with E-state index in [9.17, 15) is 4.79 Å². The highest BCUT2D eigenvalue weighted by molar-refractivity contribution is 7.98. The molecule has 1 fully saturated rings. The molecule has 0 radical (unpaired) electrons. The maximum atomic E-state index is 12.7. The number of imidazole rings is 1. The van der Waals surface area contributed by atoms with Crippen LogP contribution in [0.25, 0.3) is 11.3 Å². The van der Waals surface area contributed by atoms with Crippen LogP contribution in [0.5, 0.6) is 0 Å². The Labute approximate surface area is 154 Å². The van der Waals surface area contributed by atoms with Crippen molar-refractivity contribution in [2.45, 2.75) is 50.5 Å². The van der Waals surface area contributed by atoms with Gasteiger partial charge < -0.3 is 9.88 Å². The van der Waals surface area contributed by atoms with Gasteiger partial charge in [0.25, 0.3) is 0 Å². The van der Waals surface area contributed by atoms with Gasteiger partial charge in [-0.05, 0) is 49.6 Å². The first-order chi connectivity index (χ1) is 12.1. The largest absolute Gasteiger partial charge is 0.340 e. The Morgan fingerprint density at radius 1 is 1.36 bits per heavy atom. The molecule has 0 aliphatic carbocycles. The van der Waals surface area contributed by atoms with Gasteiger partial charge in [0.15, 0.2) is 0 Å². The standard InChI is InChI=1S/C20H27N3OS/c1-4-14(2)20(24)23-12-6-5-7-18(23)19-21-13-17(22-19)15-8-10-16(25-3)11-9-15/h8-11,13-14,18H,4-7,12H2,1-3H3,(H,21,22). The molecule has 2 atom stereocenters. The minimum Gasteiger partial charge on any atom is -0.340 e. The van der Waals surface area contributed by atoms with Crippen molar-refractivity contribution in [3.8, 4) is 11.3 Å². The van der Waals surface area contributed by atoms with E-state index in [1.807, 2.05) is 18.0 Å².